The summed E-state index contributed by atoms with van der Waals surface area (Å²) in [4.78, 5) is 32.4. The molecular formula is C20H24F3N5O2. The van der Waals surface area contributed by atoms with E-state index in [1.54, 1.807) is 28.9 Å². The lowest BCUT2D eigenvalue weighted by molar-refractivity contribution is -0.140. The SMILES string of the molecule is CN(Cc1nccn1C)C(=O)CC1C(=O)NCCN1Cc1ccccc1C(F)(F)F. The molecule has 10 heteroatoms. The summed E-state index contributed by atoms with van der Waals surface area (Å²) in [6.45, 7) is 0.886. The number of aryl methyl sites for hydroxylation is 1. The summed E-state index contributed by atoms with van der Waals surface area (Å²) in [6.07, 6.45) is -1.21. The van der Waals surface area contributed by atoms with Crippen LogP contribution in [0.2, 0.25) is 0 Å². The van der Waals surface area contributed by atoms with Gasteiger partial charge in [-0.2, -0.15) is 13.2 Å². The topological polar surface area (TPSA) is 70.5 Å². The Morgan fingerprint density at radius 1 is 1.33 bits per heavy atom. The Kier molecular flexibility index (Phi) is 6.45. The zero-order chi connectivity index (χ0) is 21.9. The normalized spacial score (nSPS) is 17.6. The van der Waals surface area contributed by atoms with Crippen molar-refractivity contribution < 1.29 is 22.8 Å². The third-order valence-electron chi connectivity index (χ3n) is 5.23. The molecule has 2 amide bonds. The molecule has 1 saturated heterocycles. The zero-order valence-electron chi connectivity index (χ0n) is 16.8. The molecule has 2 aromatic rings. The van der Waals surface area contributed by atoms with Crippen LogP contribution in [0.15, 0.2) is 36.7 Å². The van der Waals surface area contributed by atoms with E-state index in [-0.39, 0.29) is 36.9 Å². The van der Waals surface area contributed by atoms with Crippen LogP contribution in [0.5, 0.6) is 0 Å². The number of carbonyl (C=O) groups is 2. The van der Waals surface area contributed by atoms with E-state index in [2.05, 4.69) is 10.3 Å². The van der Waals surface area contributed by atoms with Crippen molar-refractivity contribution in [3.8, 4) is 0 Å². The molecule has 0 radical (unpaired) electrons. The summed E-state index contributed by atoms with van der Waals surface area (Å²) in [5.74, 6) is 0.0496. The van der Waals surface area contributed by atoms with Crippen LogP contribution in [0.1, 0.15) is 23.4 Å². The molecule has 1 atom stereocenters. The van der Waals surface area contributed by atoms with Gasteiger partial charge in [0.15, 0.2) is 0 Å². The number of benzene rings is 1. The first-order valence-corrected chi connectivity index (χ1v) is 9.54. The number of carbonyl (C=O) groups excluding carboxylic acids is 2. The van der Waals surface area contributed by atoms with Crippen LogP contribution in [0.25, 0.3) is 0 Å². The van der Waals surface area contributed by atoms with Crippen molar-refractivity contribution in [2.75, 3.05) is 20.1 Å². The maximum absolute atomic E-state index is 13.3. The summed E-state index contributed by atoms with van der Waals surface area (Å²) in [5, 5.41) is 2.70. The van der Waals surface area contributed by atoms with Crippen molar-refractivity contribution in [3.05, 3.63) is 53.6 Å². The van der Waals surface area contributed by atoms with E-state index in [1.807, 2.05) is 7.05 Å². The largest absolute Gasteiger partial charge is 0.416 e. The minimum Gasteiger partial charge on any atom is -0.353 e. The second-order valence-electron chi connectivity index (χ2n) is 7.34. The second-order valence-corrected chi connectivity index (χ2v) is 7.34. The molecule has 1 aromatic carbocycles. The van der Waals surface area contributed by atoms with Gasteiger partial charge in [0.2, 0.25) is 11.8 Å². The van der Waals surface area contributed by atoms with Crippen molar-refractivity contribution in [3.63, 3.8) is 0 Å². The number of hydrogen-bond donors (Lipinski definition) is 1. The molecule has 0 aliphatic carbocycles. The van der Waals surface area contributed by atoms with E-state index in [9.17, 15) is 22.8 Å². The number of piperazine rings is 1. The van der Waals surface area contributed by atoms with Gasteiger partial charge in [0.1, 0.15) is 5.82 Å². The van der Waals surface area contributed by atoms with Gasteiger partial charge in [0.05, 0.1) is 24.6 Å². The van der Waals surface area contributed by atoms with Crippen LogP contribution in [0.3, 0.4) is 0 Å². The predicted molar refractivity (Wildman–Crippen MR) is 103 cm³/mol. The van der Waals surface area contributed by atoms with Gasteiger partial charge >= 0.3 is 6.18 Å². The van der Waals surface area contributed by atoms with Crippen molar-refractivity contribution in [1.82, 2.24) is 24.7 Å². The van der Waals surface area contributed by atoms with E-state index < -0.39 is 17.8 Å². The van der Waals surface area contributed by atoms with Gasteiger partial charge in [-0.05, 0) is 11.6 Å². The summed E-state index contributed by atoms with van der Waals surface area (Å²) in [5.41, 5.74) is -0.647. The molecule has 3 rings (SSSR count). The number of alkyl halides is 3. The number of halogens is 3. The molecule has 0 saturated carbocycles. The minimum atomic E-state index is -4.48. The zero-order valence-corrected chi connectivity index (χ0v) is 16.8. The Balaban J connectivity index is 1.73. The van der Waals surface area contributed by atoms with Crippen LogP contribution < -0.4 is 5.32 Å². The third kappa shape index (κ3) is 4.99. The first-order chi connectivity index (χ1) is 14.2. The number of nitrogens with one attached hydrogen (secondary N) is 1. The van der Waals surface area contributed by atoms with Crippen LogP contribution in [-0.4, -0.2) is 57.3 Å². The fourth-order valence-electron chi connectivity index (χ4n) is 3.50. The average Bonchev–Trinajstić information content (AvgIpc) is 3.08. The van der Waals surface area contributed by atoms with Crippen molar-refractivity contribution in [1.29, 1.82) is 0 Å². The first kappa shape index (κ1) is 21.8. The molecule has 0 bridgehead atoms. The summed E-state index contributed by atoms with van der Waals surface area (Å²) in [7, 11) is 3.43. The number of amides is 2. The van der Waals surface area contributed by atoms with Gasteiger partial charge in [0, 0.05) is 46.1 Å². The molecule has 0 spiro atoms. The number of nitrogens with zero attached hydrogens (tertiary/aromatic N) is 4. The Labute approximate surface area is 172 Å². The van der Waals surface area contributed by atoms with Crippen LogP contribution in [-0.2, 0) is 35.9 Å². The molecule has 7 nitrogen and oxygen atoms in total. The fraction of sp³-hybridized carbons (Fsp3) is 0.450. The second kappa shape index (κ2) is 8.86. The smallest absolute Gasteiger partial charge is 0.353 e. The van der Waals surface area contributed by atoms with E-state index in [4.69, 9.17) is 0 Å². The Morgan fingerprint density at radius 3 is 2.73 bits per heavy atom. The molecule has 1 aliphatic rings. The third-order valence-corrected chi connectivity index (χ3v) is 5.23. The summed E-state index contributed by atoms with van der Waals surface area (Å²) in [6, 6.07) is 4.47. The van der Waals surface area contributed by atoms with Crippen LogP contribution in [0, 0.1) is 0 Å². The van der Waals surface area contributed by atoms with Gasteiger partial charge in [0.25, 0.3) is 0 Å². The summed E-state index contributed by atoms with van der Waals surface area (Å²) < 4.78 is 41.8. The van der Waals surface area contributed by atoms with Gasteiger partial charge in [-0.1, -0.05) is 18.2 Å². The maximum atomic E-state index is 13.3. The minimum absolute atomic E-state index is 0.0653. The molecule has 1 unspecified atom stereocenters. The van der Waals surface area contributed by atoms with Crippen molar-refractivity contribution in [2.45, 2.75) is 31.7 Å². The first-order valence-electron chi connectivity index (χ1n) is 9.54. The van der Waals surface area contributed by atoms with Crippen molar-refractivity contribution in [2.24, 2.45) is 7.05 Å². The number of rotatable bonds is 6. The highest BCUT2D eigenvalue weighted by Crippen LogP contribution is 2.32. The standard InChI is InChI=1S/C20H24F3N5O2/c1-26-9-7-24-17(26)13-27(2)18(29)11-16-19(30)25-8-10-28(16)12-14-5-3-4-6-15(14)20(21,22)23/h3-7,9,16H,8,10-13H2,1-2H3,(H,25,30). The van der Waals surface area contributed by atoms with E-state index in [0.717, 1.165) is 6.07 Å². The van der Waals surface area contributed by atoms with E-state index in [0.29, 0.717) is 18.9 Å². The lowest BCUT2D eigenvalue weighted by Crippen LogP contribution is -2.56. The highest BCUT2D eigenvalue weighted by molar-refractivity contribution is 5.88. The molecule has 1 aliphatic heterocycles. The molecule has 1 N–H and O–H groups in total. The Morgan fingerprint density at radius 2 is 2.07 bits per heavy atom. The molecule has 1 aromatic heterocycles. The van der Waals surface area contributed by atoms with E-state index in [1.165, 1.54) is 23.1 Å². The monoisotopic (exact) mass is 423 g/mol. The maximum Gasteiger partial charge on any atom is 0.416 e. The Bertz CT molecular complexity index is 912. The Hall–Kier alpha value is -2.88. The highest BCUT2D eigenvalue weighted by atomic mass is 19.4. The quantitative estimate of drug-likeness (QED) is 0.769. The number of imidazole rings is 1. The van der Waals surface area contributed by atoms with Gasteiger partial charge < -0.3 is 14.8 Å². The molecule has 162 valence electrons. The van der Waals surface area contributed by atoms with Crippen LogP contribution in [0.4, 0.5) is 13.2 Å². The molecular weight excluding hydrogens is 399 g/mol. The average molecular weight is 423 g/mol. The van der Waals surface area contributed by atoms with Gasteiger partial charge in [-0.25, -0.2) is 4.98 Å². The van der Waals surface area contributed by atoms with Gasteiger partial charge in [-0.15, -0.1) is 0 Å². The molecule has 1 fully saturated rings. The lowest BCUT2D eigenvalue weighted by atomic mass is 10.0. The van der Waals surface area contributed by atoms with Crippen LogP contribution >= 0.6 is 0 Å². The van der Waals surface area contributed by atoms with E-state index >= 15 is 0 Å². The lowest BCUT2D eigenvalue weighted by Gasteiger charge is -2.35. The predicted octanol–water partition coefficient (Wildman–Crippen LogP) is 1.79. The van der Waals surface area contributed by atoms with Crippen molar-refractivity contribution >= 4 is 11.8 Å². The van der Waals surface area contributed by atoms with Gasteiger partial charge in [-0.3, -0.25) is 14.5 Å². The highest BCUT2D eigenvalue weighted by Gasteiger charge is 2.36. The fourth-order valence-corrected chi connectivity index (χ4v) is 3.50. The molecule has 2 heterocycles. The number of aromatic nitrogens is 2. The summed E-state index contributed by atoms with van der Waals surface area (Å²) >= 11 is 0. The molecule has 30 heavy (non-hydrogen) atoms. The number of hydrogen-bond acceptors (Lipinski definition) is 4.